The number of thioether (sulfide) groups is 1. The average molecular weight is 441 g/mol. The normalized spacial score (nSPS) is 15.4. The zero-order valence-electron chi connectivity index (χ0n) is 16.8. The second-order valence-electron chi connectivity index (χ2n) is 7.35. The molecule has 0 radical (unpaired) electrons. The van der Waals surface area contributed by atoms with Crippen LogP contribution in [0, 0.1) is 6.92 Å². The highest BCUT2D eigenvalue weighted by Crippen LogP contribution is 2.24. The van der Waals surface area contributed by atoms with Crippen LogP contribution in [0.1, 0.15) is 5.56 Å². The van der Waals surface area contributed by atoms with Crippen molar-refractivity contribution in [2.75, 3.05) is 31.9 Å². The average Bonchev–Trinajstić information content (AvgIpc) is 2.78. The minimum absolute atomic E-state index is 0.0472. The van der Waals surface area contributed by atoms with Crippen molar-refractivity contribution in [3.63, 3.8) is 0 Å². The number of aryl methyl sites for hydroxylation is 1. The fraction of sp³-hybridized carbons (Fsp3) is 0.261. The van der Waals surface area contributed by atoms with Crippen molar-refractivity contribution in [1.82, 2.24) is 9.21 Å². The highest BCUT2D eigenvalue weighted by molar-refractivity contribution is 8.00. The van der Waals surface area contributed by atoms with E-state index < -0.39 is 10.0 Å². The van der Waals surface area contributed by atoms with Crippen molar-refractivity contribution >= 4 is 38.5 Å². The van der Waals surface area contributed by atoms with Gasteiger partial charge >= 0.3 is 0 Å². The van der Waals surface area contributed by atoms with Crippen molar-refractivity contribution in [2.24, 2.45) is 0 Å². The summed E-state index contributed by atoms with van der Waals surface area (Å²) in [5.41, 5.74) is 1.15. The van der Waals surface area contributed by atoms with Gasteiger partial charge in [0.1, 0.15) is 0 Å². The number of fused-ring (bicyclic) bond motifs is 1. The van der Waals surface area contributed by atoms with Gasteiger partial charge in [-0.05, 0) is 41.5 Å². The highest BCUT2D eigenvalue weighted by Gasteiger charge is 2.30. The number of carbonyl (C=O) groups is 1. The van der Waals surface area contributed by atoms with Crippen LogP contribution < -0.4 is 0 Å². The van der Waals surface area contributed by atoms with Crippen LogP contribution in [0.25, 0.3) is 10.8 Å². The first-order valence-corrected chi connectivity index (χ1v) is 12.3. The standard InChI is InChI=1S/C23H24N2O3S2/c1-18-6-2-5-9-22(18)29-17-23(26)24-12-14-25(15-13-24)30(27,28)21-11-10-19-7-3-4-8-20(19)16-21/h2-11,16H,12-15,17H2,1H3. The lowest BCUT2D eigenvalue weighted by atomic mass is 10.1. The third-order valence-corrected chi connectivity index (χ3v) is 8.45. The smallest absolute Gasteiger partial charge is 0.243 e. The summed E-state index contributed by atoms with van der Waals surface area (Å²) in [5, 5.41) is 1.92. The molecular formula is C23H24N2O3S2. The number of carbonyl (C=O) groups excluding carboxylic acids is 1. The van der Waals surface area contributed by atoms with Gasteiger partial charge in [-0.25, -0.2) is 8.42 Å². The van der Waals surface area contributed by atoms with E-state index in [1.165, 1.54) is 16.1 Å². The second-order valence-corrected chi connectivity index (χ2v) is 10.3. The Hall–Kier alpha value is -2.35. The van der Waals surface area contributed by atoms with Crippen LogP contribution in [-0.4, -0.2) is 55.5 Å². The van der Waals surface area contributed by atoms with Crippen molar-refractivity contribution < 1.29 is 13.2 Å². The Kier molecular flexibility index (Phi) is 6.13. The van der Waals surface area contributed by atoms with Crippen LogP contribution in [0.4, 0.5) is 0 Å². The van der Waals surface area contributed by atoms with E-state index in [9.17, 15) is 13.2 Å². The number of hydrogen-bond acceptors (Lipinski definition) is 4. The number of nitrogens with zero attached hydrogens (tertiary/aromatic N) is 2. The zero-order valence-corrected chi connectivity index (χ0v) is 18.5. The summed E-state index contributed by atoms with van der Waals surface area (Å²) in [4.78, 5) is 15.8. The minimum Gasteiger partial charge on any atom is -0.339 e. The number of amides is 1. The molecule has 0 aromatic heterocycles. The molecule has 4 rings (SSSR count). The summed E-state index contributed by atoms with van der Waals surface area (Å²) in [7, 11) is -3.57. The van der Waals surface area contributed by atoms with Gasteiger partial charge in [-0.3, -0.25) is 4.79 Å². The summed E-state index contributed by atoms with van der Waals surface area (Å²) >= 11 is 1.53. The molecule has 0 atom stereocenters. The van der Waals surface area contributed by atoms with E-state index in [0.29, 0.717) is 36.8 Å². The third-order valence-electron chi connectivity index (χ3n) is 5.39. The van der Waals surface area contributed by atoms with Crippen molar-refractivity contribution in [1.29, 1.82) is 0 Å². The Balaban J connectivity index is 1.38. The van der Waals surface area contributed by atoms with Gasteiger partial charge in [0.25, 0.3) is 0 Å². The predicted molar refractivity (Wildman–Crippen MR) is 121 cm³/mol. The Labute approximate surface area is 181 Å². The van der Waals surface area contributed by atoms with E-state index in [1.807, 2.05) is 61.5 Å². The van der Waals surface area contributed by atoms with Gasteiger partial charge in [0.05, 0.1) is 10.6 Å². The van der Waals surface area contributed by atoms with Crippen LogP contribution in [0.3, 0.4) is 0 Å². The first-order valence-electron chi connectivity index (χ1n) is 9.90. The first kappa shape index (κ1) is 20.9. The fourth-order valence-corrected chi connectivity index (χ4v) is 5.99. The predicted octanol–water partition coefficient (Wildman–Crippen LogP) is 3.77. The number of piperazine rings is 1. The molecule has 0 unspecified atom stereocenters. The number of benzene rings is 3. The van der Waals surface area contributed by atoms with Crippen molar-refractivity contribution in [3.8, 4) is 0 Å². The lowest BCUT2D eigenvalue weighted by Crippen LogP contribution is -2.50. The summed E-state index contributed by atoms with van der Waals surface area (Å²) in [6.45, 7) is 3.50. The van der Waals surface area contributed by atoms with Gasteiger partial charge in [-0.15, -0.1) is 11.8 Å². The zero-order chi connectivity index (χ0) is 21.1. The van der Waals surface area contributed by atoms with E-state index in [-0.39, 0.29) is 5.91 Å². The molecule has 1 amide bonds. The molecule has 7 heteroatoms. The van der Waals surface area contributed by atoms with Gasteiger partial charge < -0.3 is 4.90 Å². The molecule has 1 heterocycles. The molecule has 1 fully saturated rings. The molecule has 3 aromatic rings. The van der Waals surface area contributed by atoms with Crippen molar-refractivity contribution in [3.05, 3.63) is 72.3 Å². The first-order chi connectivity index (χ1) is 14.4. The van der Waals surface area contributed by atoms with Gasteiger partial charge in [-0.2, -0.15) is 4.31 Å². The molecule has 3 aromatic carbocycles. The van der Waals surface area contributed by atoms with Crippen LogP contribution in [0.15, 0.2) is 76.5 Å². The fourth-order valence-electron chi connectivity index (χ4n) is 3.60. The molecule has 0 bridgehead atoms. The topological polar surface area (TPSA) is 57.7 Å². The Morgan fingerprint density at radius 1 is 0.900 bits per heavy atom. The molecule has 5 nitrogen and oxygen atoms in total. The van der Waals surface area contributed by atoms with Crippen molar-refractivity contribution in [2.45, 2.75) is 16.7 Å². The quantitative estimate of drug-likeness (QED) is 0.567. The van der Waals surface area contributed by atoms with Crippen LogP contribution in [0.5, 0.6) is 0 Å². The summed E-state index contributed by atoms with van der Waals surface area (Å²) < 4.78 is 27.6. The highest BCUT2D eigenvalue weighted by atomic mass is 32.2. The SMILES string of the molecule is Cc1ccccc1SCC(=O)N1CCN(S(=O)(=O)c2ccc3ccccc3c2)CC1. The van der Waals surface area contributed by atoms with Gasteiger partial charge in [-0.1, -0.05) is 48.5 Å². The molecule has 0 saturated carbocycles. The molecule has 1 aliphatic heterocycles. The van der Waals surface area contributed by atoms with Crippen LogP contribution in [0.2, 0.25) is 0 Å². The maximum Gasteiger partial charge on any atom is 0.243 e. The molecule has 30 heavy (non-hydrogen) atoms. The van der Waals surface area contributed by atoms with Crippen LogP contribution >= 0.6 is 11.8 Å². The number of hydrogen-bond donors (Lipinski definition) is 0. The molecule has 1 aliphatic rings. The molecule has 0 N–H and O–H groups in total. The van der Waals surface area contributed by atoms with E-state index >= 15 is 0 Å². The number of sulfonamides is 1. The van der Waals surface area contributed by atoms with E-state index in [0.717, 1.165) is 21.2 Å². The third kappa shape index (κ3) is 4.38. The van der Waals surface area contributed by atoms with Gasteiger partial charge in [0.15, 0.2) is 0 Å². The molecular weight excluding hydrogens is 416 g/mol. The lowest BCUT2D eigenvalue weighted by Gasteiger charge is -2.34. The molecule has 1 saturated heterocycles. The second kappa shape index (κ2) is 8.79. The van der Waals surface area contributed by atoms with Crippen LogP contribution in [-0.2, 0) is 14.8 Å². The van der Waals surface area contributed by atoms with E-state index in [4.69, 9.17) is 0 Å². The summed E-state index contributed by atoms with van der Waals surface area (Å²) in [6, 6.07) is 20.9. The Morgan fingerprint density at radius 3 is 2.30 bits per heavy atom. The summed E-state index contributed by atoms with van der Waals surface area (Å²) in [6.07, 6.45) is 0. The van der Waals surface area contributed by atoms with E-state index in [2.05, 4.69) is 0 Å². The Bertz CT molecular complexity index is 1170. The maximum absolute atomic E-state index is 13.1. The summed E-state index contributed by atoms with van der Waals surface area (Å²) in [5.74, 6) is 0.411. The molecule has 0 spiro atoms. The largest absolute Gasteiger partial charge is 0.339 e. The molecule has 156 valence electrons. The maximum atomic E-state index is 13.1. The number of rotatable bonds is 5. The van der Waals surface area contributed by atoms with Gasteiger partial charge in [0.2, 0.25) is 15.9 Å². The lowest BCUT2D eigenvalue weighted by molar-refractivity contribution is -0.129. The Morgan fingerprint density at radius 2 is 1.57 bits per heavy atom. The molecule has 0 aliphatic carbocycles. The van der Waals surface area contributed by atoms with Gasteiger partial charge in [0, 0.05) is 31.1 Å². The van der Waals surface area contributed by atoms with E-state index in [1.54, 1.807) is 17.0 Å². The minimum atomic E-state index is -3.57. The monoisotopic (exact) mass is 440 g/mol.